The number of thiophene rings is 1. The summed E-state index contributed by atoms with van der Waals surface area (Å²) in [5, 5.41) is 6.66. The average Bonchev–Trinajstić information content (AvgIpc) is 2.74. The molecule has 82 valence electrons. The van der Waals surface area contributed by atoms with Crippen LogP contribution in [0.25, 0.3) is 0 Å². The van der Waals surface area contributed by atoms with E-state index >= 15 is 0 Å². The SMILES string of the molecule is Nc1ccc(CC(=O)Nc2ccsc2)cc1. The molecular formula is C12H12N2OS. The first-order valence-electron chi connectivity index (χ1n) is 4.90. The van der Waals surface area contributed by atoms with Crippen molar-refractivity contribution < 1.29 is 4.79 Å². The second-order valence-electron chi connectivity index (χ2n) is 3.48. The highest BCUT2D eigenvalue weighted by atomic mass is 32.1. The van der Waals surface area contributed by atoms with Crippen LogP contribution in [-0.4, -0.2) is 5.91 Å². The van der Waals surface area contributed by atoms with Crippen LogP contribution in [0.1, 0.15) is 5.56 Å². The van der Waals surface area contributed by atoms with Crippen molar-refractivity contribution in [1.29, 1.82) is 0 Å². The number of carbonyl (C=O) groups is 1. The quantitative estimate of drug-likeness (QED) is 0.799. The monoisotopic (exact) mass is 232 g/mol. The van der Waals surface area contributed by atoms with Gasteiger partial charge in [-0.25, -0.2) is 0 Å². The molecule has 0 aliphatic carbocycles. The Hall–Kier alpha value is -1.81. The maximum atomic E-state index is 11.6. The Morgan fingerprint density at radius 3 is 2.62 bits per heavy atom. The fourth-order valence-corrected chi connectivity index (χ4v) is 1.95. The number of amides is 1. The van der Waals surface area contributed by atoms with Crippen LogP contribution >= 0.6 is 11.3 Å². The standard InChI is InChI=1S/C12H12N2OS/c13-10-3-1-9(2-4-10)7-12(15)14-11-5-6-16-8-11/h1-6,8H,7,13H2,(H,14,15). The number of hydrogen-bond acceptors (Lipinski definition) is 3. The Morgan fingerprint density at radius 1 is 1.25 bits per heavy atom. The Kier molecular flexibility index (Phi) is 3.22. The Balaban J connectivity index is 1.95. The van der Waals surface area contributed by atoms with Gasteiger partial charge in [0.2, 0.25) is 5.91 Å². The first-order valence-corrected chi connectivity index (χ1v) is 5.85. The molecule has 0 aliphatic heterocycles. The minimum absolute atomic E-state index is 0.0110. The van der Waals surface area contributed by atoms with E-state index in [4.69, 9.17) is 5.73 Å². The number of nitrogens with two attached hydrogens (primary N) is 1. The molecule has 16 heavy (non-hydrogen) atoms. The van der Waals surface area contributed by atoms with Gasteiger partial charge in [-0.05, 0) is 29.1 Å². The average molecular weight is 232 g/mol. The molecule has 0 spiro atoms. The Morgan fingerprint density at radius 2 is 2.00 bits per heavy atom. The number of benzene rings is 1. The summed E-state index contributed by atoms with van der Waals surface area (Å²) in [5.74, 6) is -0.0110. The fourth-order valence-electron chi connectivity index (χ4n) is 1.36. The summed E-state index contributed by atoms with van der Waals surface area (Å²) in [5.41, 5.74) is 8.09. The van der Waals surface area contributed by atoms with Gasteiger partial charge in [0.25, 0.3) is 0 Å². The van der Waals surface area contributed by atoms with Crippen LogP contribution in [0.4, 0.5) is 11.4 Å². The van der Waals surface area contributed by atoms with Gasteiger partial charge >= 0.3 is 0 Å². The van der Waals surface area contributed by atoms with E-state index in [-0.39, 0.29) is 5.91 Å². The molecule has 1 aromatic carbocycles. The van der Waals surface area contributed by atoms with Gasteiger partial charge in [-0.15, -0.1) is 0 Å². The van der Waals surface area contributed by atoms with Gasteiger partial charge in [-0.2, -0.15) is 11.3 Å². The van der Waals surface area contributed by atoms with Crippen LogP contribution in [0.5, 0.6) is 0 Å². The lowest BCUT2D eigenvalue weighted by molar-refractivity contribution is -0.115. The number of nitrogens with one attached hydrogen (secondary N) is 1. The molecule has 2 aromatic rings. The Labute approximate surface area is 97.9 Å². The van der Waals surface area contributed by atoms with Crippen molar-refractivity contribution in [3.8, 4) is 0 Å². The highest BCUT2D eigenvalue weighted by Crippen LogP contribution is 2.12. The van der Waals surface area contributed by atoms with E-state index in [1.165, 1.54) is 0 Å². The van der Waals surface area contributed by atoms with Crippen molar-refractivity contribution in [3.05, 3.63) is 46.7 Å². The summed E-state index contributed by atoms with van der Waals surface area (Å²) in [7, 11) is 0. The van der Waals surface area contributed by atoms with Crippen molar-refractivity contribution in [2.45, 2.75) is 6.42 Å². The van der Waals surface area contributed by atoms with E-state index in [1.54, 1.807) is 23.5 Å². The van der Waals surface area contributed by atoms with Crippen LogP contribution in [0.2, 0.25) is 0 Å². The molecule has 2 rings (SSSR count). The zero-order valence-corrected chi connectivity index (χ0v) is 9.46. The molecule has 0 atom stereocenters. The molecule has 4 heteroatoms. The number of hydrogen-bond donors (Lipinski definition) is 2. The van der Waals surface area contributed by atoms with Crippen LogP contribution < -0.4 is 11.1 Å². The lowest BCUT2D eigenvalue weighted by Gasteiger charge is -2.03. The lowest BCUT2D eigenvalue weighted by Crippen LogP contribution is -2.13. The molecular weight excluding hydrogens is 220 g/mol. The molecule has 0 bridgehead atoms. The van der Waals surface area contributed by atoms with Crippen LogP contribution in [-0.2, 0) is 11.2 Å². The molecule has 0 saturated heterocycles. The Bertz CT molecular complexity index is 462. The molecule has 0 aliphatic rings. The van der Waals surface area contributed by atoms with Crippen molar-refractivity contribution in [2.75, 3.05) is 11.1 Å². The van der Waals surface area contributed by atoms with Crippen molar-refractivity contribution in [3.63, 3.8) is 0 Å². The van der Waals surface area contributed by atoms with E-state index in [1.807, 2.05) is 29.0 Å². The second kappa shape index (κ2) is 4.81. The molecule has 0 fully saturated rings. The van der Waals surface area contributed by atoms with E-state index in [2.05, 4.69) is 5.32 Å². The molecule has 1 amide bonds. The maximum Gasteiger partial charge on any atom is 0.228 e. The van der Waals surface area contributed by atoms with E-state index in [0.29, 0.717) is 12.1 Å². The zero-order valence-electron chi connectivity index (χ0n) is 8.64. The molecule has 0 radical (unpaired) electrons. The van der Waals surface area contributed by atoms with Crippen LogP contribution in [0, 0.1) is 0 Å². The van der Waals surface area contributed by atoms with Crippen molar-refractivity contribution >= 4 is 28.6 Å². The first kappa shape index (κ1) is 10.7. The first-order chi connectivity index (χ1) is 7.74. The maximum absolute atomic E-state index is 11.6. The normalized spacial score (nSPS) is 10.0. The predicted octanol–water partition coefficient (Wildman–Crippen LogP) is 2.51. The van der Waals surface area contributed by atoms with E-state index < -0.39 is 0 Å². The number of carbonyl (C=O) groups excluding carboxylic acids is 1. The fraction of sp³-hybridized carbons (Fsp3) is 0.0833. The van der Waals surface area contributed by atoms with Crippen molar-refractivity contribution in [1.82, 2.24) is 0 Å². The molecule has 0 unspecified atom stereocenters. The molecule has 3 N–H and O–H groups in total. The zero-order chi connectivity index (χ0) is 11.4. The molecule has 0 saturated carbocycles. The highest BCUT2D eigenvalue weighted by Gasteiger charge is 2.03. The summed E-state index contributed by atoms with van der Waals surface area (Å²) < 4.78 is 0. The van der Waals surface area contributed by atoms with Gasteiger partial charge in [-0.3, -0.25) is 4.79 Å². The van der Waals surface area contributed by atoms with E-state index in [0.717, 1.165) is 11.3 Å². The largest absolute Gasteiger partial charge is 0.399 e. The third-order valence-electron chi connectivity index (χ3n) is 2.15. The van der Waals surface area contributed by atoms with Gasteiger partial charge in [0.05, 0.1) is 12.1 Å². The lowest BCUT2D eigenvalue weighted by atomic mass is 10.1. The summed E-state index contributed by atoms with van der Waals surface area (Å²) in [4.78, 5) is 11.6. The third-order valence-corrected chi connectivity index (χ3v) is 2.83. The minimum atomic E-state index is -0.0110. The molecule has 1 heterocycles. The van der Waals surface area contributed by atoms with Gasteiger partial charge in [0.15, 0.2) is 0 Å². The number of anilines is 2. The van der Waals surface area contributed by atoms with Gasteiger partial charge < -0.3 is 11.1 Å². The smallest absolute Gasteiger partial charge is 0.228 e. The van der Waals surface area contributed by atoms with Crippen molar-refractivity contribution in [2.24, 2.45) is 0 Å². The van der Waals surface area contributed by atoms with Crippen LogP contribution in [0.15, 0.2) is 41.1 Å². The second-order valence-corrected chi connectivity index (χ2v) is 4.26. The minimum Gasteiger partial charge on any atom is -0.399 e. The molecule has 3 nitrogen and oxygen atoms in total. The number of nitrogen functional groups attached to an aromatic ring is 1. The highest BCUT2D eigenvalue weighted by molar-refractivity contribution is 7.08. The van der Waals surface area contributed by atoms with Gasteiger partial charge in [0, 0.05) is 11.1 Å². The van der Waals surface area contributed by atoms with Gasteiger partial charge in [-0.1, -0.05) is 12.1 Å². The van der Waals surface area contributed by atoms with E-state index in [9.17, 15) is 4.79 Å². The summed E-state index contributed by atoms with van der Waals surface area (Å²) in [6, 6.07) is 9.21. The topological polar surface area (TPSA) is 55.1 Å². The van der Waals surface area contributed by atoms with Gasteiger partial charge in [0.1, 0.15) is 0 Å². The third kappa shape index (κ3) is 2.84. The number of rotatable bonds is 3. The summed E-state index contributed by atoms with van der Waals surface area (Å²) in [6.45, 7) is 0. The van der Waals surface area contributed by atoms with Crippen LogP contribution in [0.3, 0.4) is 0 Å². The summed E-state index contributed by atoms with van der Waals surface area (Å²) >= 11 is 1.56. The summed E-state index contributed by atoms with van der Waals surface area (Å²) in [6.07, 6.45) is 0.371. The predicted molar refractivity (Wildman–Crippen MR) is 67.5 cm³/mol. The molecule has 1 aromatic heterocycles.